The molecule has 1 atom stereocenters. The lowest BCUT2D eigenvalue weighted by Crippen LogP contribution is -2.43. The van der Waals surface area contributed by atoms with Crippen molar-refractivity contribution in [3.8, 4) is 0 Å². The summed E-state index contributed by atoms with van der Waals surface area (Å²) >= 11 is 0. The Morgan fingerprint density at radius 2 is 2.19 bits per heavy atom. The largest absolute Gasteiger partial charge is 0.466 e. The van der Waals surface area contributed by atoms with E-state index in [4.69, 9.17) is 4.74 Å². The first-order valence-electron chi connectivity index (χ1n) is 7.25. The molecule has 1 aromatic rings. The molecule has 2 rings (SSSR count). The van der Waals surface area contributed by atoms with E-state index in [0.29, 0.717) is 26.1 Å². The number of likely N-dealkylation sites (tertiary alicyclic amines) is 1. The van der Waals surface area contributed by atoms with Gasteiger partial charge in [0.1, 0.15) is 5.82 Å². The molecule has 0 N–H and O–H groups in total. The number of hydrogen-bond donors (Lipinski definition) is 0. The third kappa shape index (κ3) is 3.60. The molecule has 1 heterocycles. The molecule has 1 aliphatic heterocycles. The number of ether oxygens (including phenoxy) is 1. The molecule has 0 radical (unpaired) electrons. The smallest absolute Gasteiger partial charge is 0.310 e. The molecule has 0 aliphatic carbocycles. The van der Waals surface area contributed by atoms with Gasteiger partial charge in [-0.1, -0.05) is 6.07 Å². The summed E-state index contributed by atoms with van der Waals surface area (Å²) in [6, 6.07) is 4.56. The molecular formula is C16H20FNO3. The summed E-state index contributed by atoms with van der Waals surface area (Å²) in [5, 5.41) is 0. The number of esters is 1. The van der Waals surface area contributed by atoms with Gasteiger partial charge in [0.2, 0.25) is 0 Å². The maximum atomic E-state index is 13.9. The molecule has 21 heavy (non-hydrogen) atoms. The molecule has 0 aromatic heterocycles. The number of hydrogen-bond acceptors (Lipinski definition) is 3. The van der Waals surface area contributed by atoms with Crippen LogP contribution in [0.4, 0.5) is 4.39 Å². The van der Waals surface area contributed by atoms with Crippen LogP contribution < -0.4 is 0 Å². The molecule has 1 aliphatic rings. The first-order valence-corrected chi connectivity index (χ1v) is 7.25. The van der Waals surface area contributed by atoms with Crippen LogP contribution in [0, 0.1) is 18.7 Å². The first-order chi connectivity index (χ1) is 10.0. The average Bonchev–Trinajstić information content (AvgIpc) is 2.47. The number of halogens is 1. The quantitative estimate of drug-likeness (QED) is 0.805. The number of carbonyl (C=O) groups is 2. The molecular weight excluding hydrogens is 273 g/mol. The Kier molecular flexibility index (Phi) is 4.94. The minimum Gasteiger partial charge on any atom is -0.466 e. The number of piperidine rings is 1. The zero-order chi connectivity index (χ0) is 15.4. The summed E-state index contributed by atoms with van der Waals surface area (Å²) in [6.45, 7) is 4.70. The van der Waals surface area contributed by atoms with Crippen molar-refractivity contribution in [2.75, 3.05) is 19.7 Å². The zero-order valence-corrected chi connectivity index (χ0v) is 12.4. The van der Waals surface area contributed by atoms with Gasteiger partial charge in [-0.05, 0) is 44.4 Å². The number of aryl methyl sites for hydroxylation is 1. The Morgan fingerprint density at radius 3 is 2.86 bits per heavy atom. The molecule has 0 bridgehead atoms. The second kappa shape index (κ2) is 6.70. The lowest BCUT2D eigenvalue weighted by molar-refractivity contribution is -0.149. The first kappa shape index (κ1) is 15.5. The number of benzene rings is 1. The second-order valence-corrected chi connectivity index (χ2v) is 5.33. The third-order valence-corrected chi connectivity index (χ3v) is 3.68. The second-order valence-electron chi connectivity index (χ2n) is 5.33. The summed E-state index contributed by atoms with van der Waals surface area (Å²) in [6.07, 6.45) is 1.43. The van der Waals surface area contributed by atoms with E-state index >= 15 is 0 Å². The standard InChI is InChI=1S/C16H20FNO3/c1-3-21-16(20)12-5-4-8-18(10-12)15(19)13-7-6-11(2)9-14(13)17/h6-7,9,12H,3-5,8,10H2,1-2H3/t12-/m0/s1. The molecule has 4 nitrogen and oxygen atoms in total. The van der Waals surface area contributed by atoms with Crippen molar-refractivity contribution in [1.29, 1.82) is 0 Å². The normalized spacial score (nSPS) is 18.4. The van der Waals surface area contributed by atoms with Gasteiger partial charge in [-0.2, -0.15) is 0 Å². The van der Waals surface area contributed by atoms with E-state index in [9.17, 15) is 14.0 Å². The molecule has 0 spiro atoms. The van der Waals surface area contributed by atoms with Gasteiger partial charge in [0, 0.05) is 13.1 Å². The highest BCUT2D eigenvalue weighted by Crippen LogP contribution is 2.21. The van der Waals surface area contributed by atoms with Crippen molar-refractivity contribution in [2.45, 2.75) is 26.7 Å². The van der Waals surface area contributed by atoms with Crippen LogP contribution in [0.5, 0.6) is 0 Å². The van der Waals surface area contributed by atoms with E-state index in [1.165, 1.54) is 12.1 Å². The Labute approximate surface area is 123 Å². The van der Waals surface area contributed by atoms with E-state index in [1.807, 2.05) is 0 Å². The van der Waals surface area contributed by atoms with Crippen LogP contribution in [0.15, 0.2) is 18.2 Å². The monoisotopic (exact) mass is 293 g/mol. The summed E-state index contributed by atoms with van der Waals surface area (Å²) in [7, 11) is 0. The fourth-order valence-electron chi connectivity index (χ4n) is 2.58. The minimum absolute atomic E-state index is 0.0603. The maximum Gasteiger partial charge on any atom is 0.310 e. The molecule has 0 unspecified atom stereocenters. The highest BCUT2D eigenvalue weighted by atomic mass is 19.1. The maximum absolute atomic E-state index is 13.9. The topological polar surface area (TPSA) is 46.6 Å². The predicted octanol–water partition coefficient (Wildman–Crippen LogP) is 2.55. The molecule has 5 heteroatoms. The van der Waals surface area contributed by atoms with Gasteiger partial charge in [0.15, 0.2) is 0 Å². The number of rotatable bonds is 3. The number of carbonyl (C=O) groups excluding carboxylic acids is 2. The van der Waals surface area contributed by atoms with Crippen molar-refractivity contribution in [1.82, 2.24) is 4.90 Å². The van der Waals surface area contributed by atoms with Crippen LogP contribution in [0.25, 0.3) is 0 Å². The van der Waals surface area contributed by atoms with Crippen LogP contribution in [0.2, 0.25) is 0 Å². The van der Waals surface area contributed by atoms with Crippen LogP contribution in [0.1, 0.15) is 35.7 Å². The summed E-state index contributed by atoms with van der Waals surface area (Å²) in [5.41, 5.74) is 0.831. The fourth-order valence-corrected chi connectivity index (χ4v) is 2.58. The summed E-state index contributed by atoms with van der Waals surface area (Å²) in [5.74, 6) is -1.46. The highest BCUT2D eigenvalue weighted by Gasteiger charge is 2.30. The van der Waals surface area contributed by atoms with Gasteiger partial charge in [0.05, 0.1) is 18.1 Å². The van der Waals surface area contributed by atoms with Gasteiger partial charge >= 0.3 is 5.97 Å². The SMILES string of the molecule is CCOC(=O)[C@H]1CCCN(C(=O)c2ccc(C)cc2F)C1. The Morgan fingerprint density at radius 1 is 1.43 bits per heavy atom. The van der Waals surface area contributed by atoms with Gasteiger partial charge in [-0.15, -0.1) is 0 Å². The van der Waals surface area contributed by atoms with Crippen LogP contribution in [-0.2, 0) is 9.53 Å². The van der Waals surface area contributed by atoms with Gasteiger partial charge < -0.3 is 9.64 Å². The zero-order valence-electron chi connectivity index (χ0n) is 12.4. The lowest BCUT2D eigenvalue weighted by Gasteiger charge is -2.31. The van der Waals surface area contributed by atoms with Crippen molar-refractivity contribution in [3.05, 3.63) is 35.1 Å². The van der Waals surface area contributed by atoms with Crippen LogP contribution >= 0.6 is 0 Å². The predicted molar refractivity (Wildman–Crippen MR) is 76.4 cm³/mol. The Bertz CT molecular complexity index is 544. The lowest BCUT2D eigenvalue weighted by atomic mass is 9.97. The summed E-state index contributed by atoms with van der Waals surface area (Å²) < 4.78 is 18.9. The molecule has 1 aromatic carbocycles. The number of nitrogens with zero attached hydrogens (tertiary/aromatic N) is 1. The Balaban J connectivity index is 2.10. The van der Waals surface area contributed by atoms with Crippen molar-refractivity contribution < 1.29 is 18.7 Å². The molecule has 0 saturated carbocycles. The van der Waals surface area contributed by atoms with Crippen LogP contribution in [-0.4, -0.2) is 36.5 Å². The van der Waals surface area contributed by atoms with Crippen molar-refractivity contribution in [2.24, 2.45) is 5.92 Å². The average molecular weight is 293 g/mol. The molecule has 1 amide bonds. The summed E-state index contributed by atoms with van der Waals surface area (Å²) in [4.78, 5) is 25.7. The highest BCUT2D eigenvalue weighted by molar-refractivity contribution is 5.95. The molecule has 1 saturated heterocycles. The van der Waals surface area contributed by atoms with Crippen molar-refractivity contribution in [3.63, 3.8) is 0 Å². The molecule has 1 fully saturated rings. The van der Waals surface area contributed by atoms with Gasteiger partial charge in [-0.25, -0.2) is 4.39 Å². The minimum atomic E-state index is -0.516. The third-order valence-electron chi connectivity index (χ3n) is 3.68. The Hall–Kier alpha value is -1.91. The van der Waals surface area contributed by atoms with Crippen LogP contribution in [0.3, 0.4) is 0 Å². The van der Waals surface area contributed by atoms with E-state index in [0.717, 1.165) is 12.0 Å². The van der Waals surface area contributed by atoms with E-state index < -0.39 is 5.82 Å². The fraction of sp³-hybridized carbons (Fsp3) is 0.500. The van der Waals surface area contributed by atoms with E-state index in [2.05, 4.69) is 0 Å². The van der Waals surface area contributed by atoms with Crippen molar-refractivity contribution >= 4 is 11.9 Å². The molecule has 114 valence electrons. The van der Waals surface area contributed by atoms with E-state index in [-0.39, 0.29) is 23.4 Å². The van der Waals surface area contributed by atoms with E-state index in [1.54, 1.807) is 24.8 Å². The van der Waals surface area contributed by atoms with Gasteiger partial charge in [-0.3, -0.25) is 9.59 Å². The number of amides is 1. The van der Waals surface area contributed by atoms with Gasteiger partial charge in [0.25, 0.3) is 5.91 Å².